The van der Waals surface area contributed by atoms with Gasteiger partial charge in [-0.05, 0) is 25.0 Å². The smallest absolute Gasteiger partial charge is 0.222 e. The summed E-state index contributed by atoms with van der Waals surface area (Å²) in [6.07, 6.45) is 1.95. The molecule has 6 heteroatoms. The molecule has 1 saturated heterocycles. The lowest BCUT2D eigenvalue weighted by Crippen LogP contribution is -2.49. The lowest BCUT2D eigenvalue weighted by molar-refractivity contribution is -0.131. The summed E-state index contributed by atoms with van der Waals surface area (Å²) in [7, 11) is 0. The van der Waals surface area contributed by atoms with Crippen molar-refractivity contribution in [3.63, 3.8) is 0 Å². The van der Waals surface area contributed by atoms with Crippen LogP contribution in [0.25, 0.3) is 0 Å². The number of piperazine rings is 1. The van der Waals surface area contributed by atoms with Crippen molar-refractivity contribution in [3.8, 4) is 0 Å². The molecule has 29 heavy (non-hydrogen) atoms. The summed E-state index contributed by atoms with van der Waals surface area (Å²) in [5.41, 5.74) is 2.52. The fourth-order valence-corrected chi connectivity index (χ4v) is 3.70. The van der Waals surface area contributed by atoms with E-state index in [0.29, 0.717) is 31.5 Å². The number of anilines is 1. The maximum Gasteiger partial charge on any atom is 0.222 e. The molecule has 0 radical (unpaired) electrons. The van der Waals surface area contributed by atoms with Gasteiger partial charge in [-0.1, -0.05) is 39.0 Å². The second-order valence-corrected chi connectivity index (χ2v) is 7.77. The van der Waals surface area contributed by atoms with Crippen LogP contribution >= 0.6 is 0 Å². The SMILES string of the molecule is CCC(=O)N1CCN(c2nc([C@H](C)CC)nc(C)c2Cc2ccccc2F)CC1. The first-order valence-corrected chi connectivity index (χ1v) is 10.6. The molecule has 2 heterocycles. The van der Waals surface area contributed by atoms with Crippen LogP contribution in [0.4, 0.5) is 10.2 Å². The Morgan fingerprint density at radius 1 is 1.14 bits per heavy atom. The Hall–Kier alpha value is -2.50. The minimum absolute atomic E-state index is 0.190. The largest absolute Gasteiger partial charge is 0.353 e. The normalized spacial score (nSPS) is 15.5. The monoisotopic (exact) mass is 398 g/mol. The first kappa shape index (κ1) is 21.2. The minimum Gasteiger partial charge on any atom is -0.353 e. The van der Waals surface area contributed by atoms with Crippen LogP contribution in [-0.2, 0) is 11.2 Å². The summed E-state index contributed by atoms with van der Waals surface area (Å²) in [5.74, 6) is 1.97. The van der Waals surface area contributed by atoms with Gasteiger partial charge in [-0.15, -0.1) is 0 Å². The number of rotatable bonds is 6. The number of carbonyl (C=O) groups excluding carboxylic acids is 1. The van der Waals surface area contributed by atoms with Crippen molar-refractivity contribution in [1.29, 1.82) is 0 Å². The number of halogens is 1. The second-order valence-electron chi connectivity index (χ2n) is 7.77. The van der Waals surface area contributed by atoms with Gasteiger partial charge in [0.05, 0.1) is 0 Å². The number of carbonyl (C=O) groups is 1. The lowest BCUT2D eigenvalue weighted by Gasteiger charge is -2.36. The summed E-state index contributed by atoms with van der Waals surface area (Å²) < 4.78 is 14.3. The van der Waals surface area contributed by atoms with E-state index in [1.165, 1.54) is 6.07 Å². The van der Waals surface area contributed by atoms with Gasteiger partial charge in [-0.2, -0.15) is 0 Å². The third-order valence-electron chi connectivity index (χ3n) is 5.82. The Balaban J connectivity index is 1.95. The molecule has 1 atom stereocenters. The summed E-state index contributed by atoms with van der Waals surface area (Å²) in [6.45, 7) is 11.0. The highest BCUT2D eigenvalue weighted by atomic mass is 19.1. The van der Waals surface area contributed by atoms with Crippen LogP contribution in [0.2, 0.25) is 0 Å². The van der Waals surface area contributed by atoms with Crippen molar-refractivity contribution in [1.82, 2.24) is 14.9 Å². The molecule has 1 aliphatic rings. The molecule has 1 amide bonds. The number of aromatic nitrogens is 2. The quantitative estimate of drug-likeness (QED) is 0.735. The van der Waals surface area contributed by atoms with E-state index in [4.69, 9.17) is 9.97 Å². The fraction of sp³-hybridized carbons (Fsp3) is 0.522. The van der Waals surface area contributed by atoms with Crippen molar-refractivity contribution in [2.24, 2.45) is 0 Å². The average molecular weight is 399 g/mol. The van der Waals surface area contributed by atoms with E-state index in [1.807, 2.05) is 30.9 Å². The van der Waals surface area contributed by atoms with Gasteiger partial charge in [0.2, 0.25) is 5.91 Å². The molecule has 0 spiro atoms. The van der Waals surface area contributed by atoms with Crippen LogP contribution in [-0.4, -0.2) is 47.0 Å². The summed E-state index contributed by atoms with van der Waals surface area (Å²) in [5, 5.41) is 0. The zero-order valence-corrected chi connectivity index (χ0v) is 17.9. The van der Waals surface area contributed by atoms with E-state index < -0.39 is 0 Å². The summed E-state index contributed by atoms with van der Waals surface area (Å²) in [6, 6.07) is 6.88. The van der Waals surface area contributed by atoms with E-state index in [9.17, 15) is 9.18 Å². The van der Waals surface area contributed by atoms with Gasteiger partial charge >= 0.3 is 0 Å². The van der Waals surface area contributed by atoms with Crippen LogP contribution in [0.15, 0.2) is 24.3 Å². The van der Waals surface area contributed by atoms with Crippen molar-refractivity contribution >= 4 is 11.7 Å². The molecule has 0 unspecified atom stereocenters. The molecule has 156 valence electrons. The lowest BCUT2D eigenvalue weighted by atomic mass is 10.0. The average Bonchev–Trinajstić information content (AvgIpc) is 2.75. The van der Waals surface area contributed by atoms with E-state index in [1.54, 1.807) is 6.07 Å². The number of hydrogen-bond acceptors (Lipinski definition) is 4. The topological polar surface area (TPSA) is 49.3 Å². The van der Waals surface area contributed by atoms with Crippen LogP contribution in [0.1, 0.15) is 62.2 Å². The third kappa shape index (κ3) is 4.74. The first-order valence-electron chi connectivity index (χ1n) is 10.6. The molecule has 5 nitrogen and oxygen atoms in total. The van der Waals surface area contributed by atoms with Crippen LogP contribution < -0.4 is 4.90 Å². The Labute approximate surface area is 173 Å². The molecular weight excluding hydrogens is 367 g/mol. The second kappa shape index (κ2) is 9.33. The van der Waals surface area contributed by atoms with Gasteiger partial charge in [0.15, 0.2) is 0 Å². The van der Waals surface area contributed by atoms with Crippen LogP contribution in [0, 0.1) is 12.7 Å². The van der Waals surface area contributed by atoms with E-state index in [-0.39, 0.29) is 17.6 Å². The Kier molecular flexibility index (Phi) is 6.83. The number of aryl methyl sites for hydroxylation is 1. The molecule has 1 aromatic carbocycles. The predicted octanol–water partition coefficient (Wildman–Crippen LogP) is 4.09. The molecule has 0 aliphatic carbocycles. The van der Waals surface area contributed by atoms with E-state index in [0.717, 1.165) is 42.4 Å². The maximum atomic E-state index is 14.3. The molecule has 0 bridgehead atoms. The third-order valence-corrected chi connectivity index (χ3v) is 5.82. The number of amides is 1. The van der Waals surface area contributed by atoms with Crippen molar-refractivity contribution < 1.29 is 9.18 Å². The van der Waals surface area contributed by atoms with Crippen molar-refractivity contribution in [2.45, 2.75) is 52.9 Å². The van der Waals surface area contributed by atoms with Gasteiger partial charge < -0.3 is 9.80 Å². The van der Waals surface area contributed by atoms with Crippen LogP contribution in [0.3, 0.4) is 0 Å². The highest BCUT2D eigenvalue weighted by Crippen LogP contribution is 2.28. The first-order chi connectivity index (χ1) is 13.9. The molecule has 3 rings (SSSR count). The van der Waals surface area contributed by atoms with Crippen molar-refractivity contribution in [3.05, 3.63) is 52.7 Å². The van der Waals surface area contributed by atoms with Crippen molar-refractivity contribution in [2.75, 3.05) is 31.1 Å². The highest BCUT2D eigenvalue weighted by Gasteiger charge is 2.25. The standard InChI is InChI=1S/C23H31FN4O/c1-5-16(3)22-25-17(4)19(15-18-9-7-8-10-20(18)24)23(26-22)28-13-11-27(12-14-28)21(29)6-2/h7-10,16H,5-6,11-15H2,1-4H3/t16-/m1/s1. The molecule has 1 aromatic heterocycles. The van der Waals surface area contributed by atoms with Gasteiger partial charge in [-0.25, -0.2) is 14.4 Å². The summed E-state index contributed by atoms with van der Waals surface area (Å²) >= 11 is 0. The van der Waals surface area contributed by atoms with Gasteiger partial charge in [-0.3, -0.25) is 4.79 Å². The molecule has 0 N–H and O–H groups in total. The molecule has 1 aliphatic heterocycles. The van der Waals surface area contributed by atoms with Gasteiger partial charge in [0, 0.05) is 56.2 Å². The minimum atomic E-state index is -0.206. The molecule has 0 saturated carbocycles. The predicted molar refractivity (Wildman–Crippen MR) is 114 cm³/mol. The molecule has 1 fully saturated rings. The zero-order chi connectivity index (χ0) is 21.0. The number of hydrogen-bond donors (Lipinski definition) is 0. The molecular formula is C23H31FN4O. The highest BCUT2D eigenvalue weighted by molar-refractivity contribution is 5.76. The Morgan fingerprint density at radius 3 is 2.45 bits per heavy atom. The number of nitrogens with zero attached hydrogens (tertiary/aromatic N) is 4. The Morgan fingerprint density at radius 2 is 1.83 bits per heavy atom. The molecule has 2 aromatic rings. The van der Waals surface area contributed by atoms with Gasteiger partial charge in [0.25, 0.3) is 0 Å². The van der Waals surface area contributed by atoms with E-state index in [2.05, 4.69) is 18.7 Å². The number of benzene rings is 1. The Bertz CT molecular complexity index is 862. The maximum absolute atomic E-state index is 14.3. The fourth-order valence-electron chi connectivity index (χ4n) is 3.70. The van der Waals surface area contributed by atoms with Crippen LogP contribution in [0.5, 0.6) is 0 Å². The van der Waals surface area contributed by atoms with Gasteiger partial charge in [0.1, 0.15) is 17.5 Å². The summed E-state index contributed by atoms with van der Waals surface area (Å²) in [4.78, 5) is 25.9. The zero-order valence-electron chi connectivity index (χ0n) is 17.9. The van der Waals surface area contributed by atoms with E-state index >= 15 is 0 Å².